The summed E-state index contributed by atoms with van der Waals surface area (Å²) in [5.74, 6) is 0.623. The molecule has 0 aliphatic carbocycles. The largest absolute Gasteiger partial charge is 0.491 e. The summed E-state index contributed by atoms with van der Waals surface area (Å²) in [7, 11) is 0. The van der Waals surface area contributed by atoms with Crippen molar-refractivity contribution in [1.29, 1.82) is 0 Å². The number of benzene rings is 1. The van der Waals surface area contributed by atoms with Crippen LogP contribution in [0.4, 0.5) is 5.69 Å². The molecule has 1 aliphatic heterocycles. The first-order valence-corrected chi connectivity index (χ1v) is 5.95. The number of rotatable bonds is 3. The van der Waals surface area contributed by atoms with Crippen molar-refractivity contribution in [3.8, 4) is 5.75 Å². The van der Waals surface area contributed by atoms with Gasteiger partial charge in [-0.3, -0.25) is 9.59 Å². The van der Waals surface area contributed by atoms with Crippen molar-refractivity contribution in [1.82, 2.24) is 5.32 Å². The molecule has 0 saturated heterocycles. The Labute approximate surface area is 106 Å². The highest BCUT2D eigenvalue weighted by molar-refractivity contribution is 5.93. The Morgan fingerprint density at radius 2 is 2.33 bits per heavy atom. The minimum Gasteiger partial charge on any atom is -0.491 e. The summed E-state index contributed by atoms with van der Waals surface area (Å²) in [5.41, 5.74) is 1.76. The van der Waals surface area contributed by atoms with E-state index in [0.29, 0.717) is 31.0 Å². The first kappa shape index (κ1) is 12.4. The van der Waals surface area contributed by atoms with Gasteiger partial charge in [-0.15, -0.1) is 0 Å². The summed E-state index contributed by atoms with van der Waals surface area (Å²) in [6.07, 6.45) is 1.10. The molecule has 0 bridgehead atoms. The minimum absolute atomic E-state index is 0.0345. The Morgan fingerprint density at radius 1 is 1.50 bits per heavy atom. The van der Waals surface area contributed by atoms with Gasteiger partial charge in [0.05, 0.1) is 18.7 Å². The maximum atomic E-state index is 11.4. The van der Waals surface area contributed by atoms with Gasteiger partial charge in [0.25, 0.3) is 0 Å². The zero-order chi connectivity index (χ0) is 13.0. The predicted molar refractivity (Wildman–Crippen MR) is 67.6 cm³/mol. The van der Waals surface area contributed by atoms with Crippen LogP contribution in [0.5, 0.6) is 5.75 Å². The number of hydrogen-bond donors (Lipinski definition) is 2. The van der Waals surface area contributed by atoms with Crippen LogP contribution >= 0.6 is 0 Å². The molecule has 1 aliphatic rings. The van der Waals surface area contributed by atoms with Crippen molar-refractivity contribution in [2.75, 3.05) is 18.5 Å². The lowest BCUT2D eigenvalue weighted by atomic mass is 10.1. The zero-order valence-electron chi connectivity index (χ0n) is 10.3. The van der Waals surface area contributed by atoms with E-state index in [0.717, 1.165) is 12.0 Å². The molecule has 1 heterocycles. The van der Waals surface area contributed by atoms with Crippen molar-refractivity contribution in [3.05, 3.63) is 23.8 Å². The summed E-state index contributed by atoms with van der Waals surface area (Å²) in [5, 5.41) is 5.55. The predicted octanol–water partition coefficient (Wildman–Crippen LogP) is 1.09. The van der Waals surface area contributed by atoms with Gasteiger partial charge in [-0.1, -0.05) is 6.07 Å². The Morgan fingerprint density at radius 3 is 3.11 bits per heavy atom. The number of fused-ring (bicyclic) bond motifs is 1. The van der Waals surface area contributed by atoms with Gasteiger partial charge in [-0.25, -0.2) is 0 Å². The minimum atomic E-state index is -0.0404. The zero-order valence-corrected chi connectivity index (χ0v) is 10.3. The summed E-state index contributed by atoms with van der Waals surface area (Å²) in [4.78, 5) is 22.2. The van der Waals surface area contributed by atoms with Crippen LogP contribution in [-0.4, -0.2) is 25.0 Å². The number of nitrogens with one attached hydrogen (secondary N) is 2. The second-order valence-electron chi connectivity index (χ2n) is 4.21. The van der Waals surface area contributed by atoms with Crippen LogP contribution in [-0.2, 0) is 16.0 Å². The van der Waals surface area contributed by atoms with Crippen LogP contribution in [0.3, 0.4) is 0 Å². The molecule has 0 aromatic heterocycles. The van der Waals surface area contributed by atoms with Gasteiger partial charge in [0.1, 0.15) is 5.75 Å². The lowest BCUT2D eigenvalue weighted by molar-refractivity contribution is -0.119. The van der Waals surface area contributed by atoms with Gasteiger partial charge in [0, 0.05) is 13.5 Å². The molecule has 18 heavy (non-hydrogen) atoms. The van der Waals surface area contributed by atoms with E-state index >= 15 is 0 Å². The summed E-state index contributed by atoms with van der Waals surface area (Å²) < 4.78 is 5.46. The van der Waals surface area contributed by atoms with E-state index < -0.39 is 0 Å². The molecular formula is C13H16N2O3. The third-order valence-corrected chi connectivity index (χ3v) is 2.69. The van der Waals surface area contributed by atoms with Crippen molar-refractivity contribution in [2.24, 2.45) is 0 Å². The highest BCUT2D eigenvalue weighted by Crippen LogP contribution is 2.28. The van der Waals surface area contributed by atoms with Crippen LogP contribution < -0.4 is 15.4 Å². The number of carbonyl (C=O) groups is 2. The van der Waals surface area contributed by atoms with Crippen molar-refractivity contribution < 1.29 is 14.3 Å². The van der Waals surface area contributed by atoms with Gasteiger partial charge in [0.15, 0.2) is 0 Å². The van der Waals surface area contributed by atoms with Crippen LogP contribution in [0, 0.1) is 0 Å². The third-order valence-electron chi connectivity index (χ3n) is 2.69. The molecule has 0 saturated carbocycles. The maximum Gasteiger partial charge on any atom is 0.227 e. The van der Waals surface area contributed by atoms with E-state index in [-0.39, 0.29) is 11.8 Å². The fourth-order valence-electron chi connectivity index (χ4n) is 1.81. The number of hydrogen-bond acceptors (Lipinski definition) is 3. The average molecular weight is 248 g/mol. The molecule has 0 radical (unpaired) electrons. The Balaban J connectivity index is 2.06. The van der Waals surface area contributed by atoms with E-state index in [2.05, 4.69) is 10.6 Å². The molecule has 0 spiro atoms. The molecule has 2 amide bonds. The first-order valence-electron chi connectivity index (χ1n) is 5.95. The summed E-state index contributed by atoms with van der Waals surface area (Å²) in [6, 6.07) is 5.68. The van der Waals surface area contributed by atoms with Gasteiger partial charge in [-0.2, -0.15) is 0 Å². The molecule has 5 nitrogen and oxygen atoms in total. The number of ether oxygens (including phenoxy) is 1. The monoisotopic (exact) mass is 248 g/mol. The second-order valence-corrected chi connectivity index (χ2v) is 4.21. The first-order chi connectivity index (χ1) is 8.65. The SMILES string of the molecule is CC(=O)NCCc1ccc2c(c1)NC(=O)CCO2. The highest BCUT2D eigenvalue weighted by Gasteiger charge is 2.13. The quantitative estimate of drug-likeness (QED) is 0.841. The van der Waals surface area contributed by atoms with Crippen molar-refractivity contribution in [3.63, 3.8) is 0 Å². The van der Waals surface area contributed by atoms with Crippen LogP contribution in [0.1, 0.15) is 18.9 Å². The smallest absolute Gasteiger partial charge is 0.227 e. The molecule has 5 heteroatoms. The highest BCUT2D eigenvalue weighted by atomic mass is 16.5. The Hall–Kier alpha value is -2.04. The summed E-state index contributed by atoms with van der Waals surface area (Å²) >= 11 is 0. The van der Waals surface area contributed by atoms with E-state index in [9.17, 15) is 9.59 Å². The van der Waals surface area contributed by atoms with Crippen molar-refractivity contribution in [2.45, 2.75) is 19.8 Å². The fraction of sp³-hybridized carbons (Fsp3) is 0.385. The third kappa shape index (κ3) is 3.23. The van der Waals surface area contributed by atoms with Crippen molar-refractivity contribution >= 4 is 17.5 Å². The fourth-order valence-corrected chi connectivity index (χ4v) is 1.81. The molecule has 1 aromatic carbocycles. The van der Waals surface area contributed by atoms with Crippen LogP contribution in [0.2, 0.25) is 0 Å². The van der Waals surface area contributed by atoms with Crippen LogP contribution in [0.15, 0.2) is 18.2 Å². The maximum absolute atomic E-state index is 11.4. The molecule has 0 atom stereocenters. The Kier molecular flexibility index (Phi) is 3.82. The van der Waals surface area contributed by atoms with Crippen LogP contribution in [0.25, 0.3) is 0 Å². The second kappa shape index (κ2) is 5.53. The van der Waals surface area contributed by atoms with E-state index in [1.54, 1.807) is 0 Å². The molecular weight excluding hydrogens is 232 g/mol. The molecule has 0 fully saturated rings. The molecule has 2 N–H and O–H groups in total. The number of carbonyl (C=O) groups excluding carboxylic acids is 2. The van der Waals surface area contributed by atoms with E-state index in [1.165, 1.54) is 6.92 Å². The van der Waals surface area contributed by atoms with Gasteiger partial charge in [0.2, 0.25) is 11.8 Å². The lowest BCUT2D eigenvalue weighted by Crippen LogP contribution is -2.22. The molecule has 96 valence electrons. The molecule has 1 aromatic rings. The van der Waals surface area contributed by atoms with E-state index in [1.807, 2.05) is 18.2 Å². The molecule has 2 rings (SSSR count). The topological polar surface area (TPSA) is 67.4 Å². The van der Waals surface area contributed by atoms with Gasteiger partial charge >= 0.3 is 0 Å². The van der Waals surface area contributed by atoms with E-state index in [4.69, 9.17) is 4.74 Å². The van der Waals surface area contributed by atoms with Gasteiger partial charge < -0.3 is 15.4 Å². The molecule has 0 unspecified atom stereocenters. The Bertz CT molecular complexity index is 471. The number of anilines is 1. The lowest BCUT2D eigenvalue weighted by Gasteiger charge is -2.09. The summed E-state index contributed by atoms with van der Waals surface area (Å²) in [6.45, 7) is 2.48. The number of amides is 2. The normalized spacial score (nSPS) is 13.9. The van der Waals surface area contributed by atoms with Gasteiger partial charge in [-0.05, 0) is 24.1 Å². The average Bonchev–Trinajstić information content (AvgIpc) is 2.48. The standard InChI is InChI=1S/C13H16N2O3/c1-9(16)14-6-4-10-2-3-12-11(8-10)15-13(17)5-7-18-12/h2-3,8H,4-7H2,1H3,(H,14,16)(H,15,17).